The SMILES string of the molecule is CCCCN1C(=O)[C@H]2CNC[C@H]2C1=O.Cl. The van der Waals surface area contributed by atoms with E-state index in [2.05, 4.69) is 12.2 Å². The summed E-state index contributed by atoms with van der Waals surface area (Å²) in [5.74, 6) is -0.0596. The zero-order valence-corrected chi connectivity index (χ0v) is 9.68. The van der Waals surface area contributed by atoms with Crippen molar-refractivity contribution in [1.82, 2.24) is 10.2 Å². The van der Waals surface area contributed by atoms with Gasteiger partial charge >= 0.3 is 0 Å². The van der Waals surface area contributed by atoms with Crippen molar-refractivity contribution >= 4 is 24.2 Å². The van der Waals surface area contributed by atoms with Gasteiger partial charge in [-0.1, -0.05) is 13.3 Å². The van der Waals surface area contributed by atoms with E-state index in [1.807, 2.05) is 0 Å². The molecule has 1 N–H and O–H groups in total. The molecule has 2 rings (SSSR count). The van der Waals surface area contributed by atoms with E-state index >= 15 is 0 Å². The molecule has 86 valence electrons. The molecule has 2 atom stereocenters. The van der Waals surface area contributed by atoms with Gasteiger partial charge in [-0.25, -0.2) is 0 Å². The van der Waals surface area contributed by atoms with Crippen molar-refractivity contribution in [1.29, 1.82) is 0 Å². The molecule has 0 saturated carbocycles. The summed E-state index contributed by atoms with van der Waals surface area (Å²) in [7, 11) is 0. The average Bonchev–Trinajstić information content (AvgIpc) is 2.72. The number of hydrogen-bond acceptors (Lipinski definition) is 3. The first kappa shape index (κ1) is 12.5. The highest BCUT2D eigenvalue weighted by atomic mass is 35.5. The number of fused-ring (bicyclic) bond motifs is 1. The largest absolute Gasteiger partial charge is 0.315 e. The monoisotopic (exact) mass is 232 g/mol. The second-order valence-corrected chi connectivity index (χ2v) is 4.05. The van der Waals surface area contributed by atoms with Crippen LogP contribution >= 0.6 is 12.4 Å². The molecule has 0 unspecified atom stereocenters. The van der Waals surface area contributed by atoms with Gasteiger partial charge in [0.2, 0.25) is 11.8 Å². The number of carbonyl (C=O) groups is 2. The van der Waals surface area contributed by atoms with E-state index in [4.69, 9.17) is 0 Å². The Labute approximate surface area is 95.8 Å². The minimum atomic E-state index is -0.0700. The predicted octanol–water partition coefficient (Wildman–Crippen LogP) is 0.413. The normalized spacial score (nSPS) is 29.3. The molecule has 0 aromatic carbocycles. The maximum Gasteiger partial charge on any atom is 0.234 e. The van der Waals surface area contributed by atoms with E-state index in [0.717, 1.165) is 12.8 Å². The molecule has 0 aromatic rings. The maximum absolute atomic E-state index is 11.8. The van der Waals surface area contributed by atoms with Crippen LogP contribution in [0.3, 0.4) is 0 Å². The molecule has 0 spiro atoms. The summed E-state index contributed by atoms with van der Waals surface area (Å²) in [5.41, 5.74) is 0. The molecule has 2 fully saturated rings. The second kappa shape index (κ2) is 4.94. The minimum absolute atomic E-state index is 0. The van der Waals surface area contributed by atoms with Gasteiger partial charge in [-0.05, 0) is 6.42 Å². The van der Waals surface area contributed by atoms with Crippen LogP contribution in [-0.2, 0) is 9.59 Å². The van der Waals surface area contributed by atoms with Crippen LogP contribution in [0.15, 0.2) is 0 Å². The van der Waals surface area contributed by atoms with Crippen LogP contribution in [-0.4, -0.2) is 36.3 Å². The lowest BCUT2D eigenvalue weighted by molar-refractivity contribution is -0.140. The number of rotatable bonds is 3. The highest BCUT2D eigenvalue weighted by Crippen LogP contribution is 2.29. The van der Waals surface area contributed by atoms with E-state index in [1.165, 1.54) is 4.90 Å². The van der Waals surface area contributed by atoms with Crippen molar-refractivity contribution in [2.45, 2.75) is 19.8 Å². The number of carbonyl (C=O) groups excluding carboxylic acids is 2. The highest BCUT2D eigenvalue weighted by Gasteiger charge is 2.49. The Morgan fingerprint density at radius 1 is 1.27 bits per heavy atom. The molecule has 4 nitrogen and oxygen atoms in total. The summed E-state index contributed by atoms with van der Waals surface area (Å²) in [5, 5.41) is 3.09. The quantitative estimate of drug-likeness (QED) is 0.718. The third-order valence-corrected chi connectivity index (χ3v) is 3.12. The summed E-state index contributed by atoms with van der Waals surface area (Å²) in [6, 6.07) is 0. The van der Waals surface area contributed by atoms with Crippen molar-refractivity contribution in [3.05, 3.63) is 0 Å². The number of nitrogens with one attached hydrogen (secondary N) is 1. The smallest absolute Gasteiger partial charge is 0.234 e. The van der Waals surface area contributed by atoms with Gasteiger partial charge in [-0.2, -0.15) is 0 Å². The molecule has 2 amide bonds. The van der Waals surface area contributed by atoms with Crippen LogP contribution in [0.2, 0.25) is 0 Å². The predicted molar refractivity (Wildman–Crippen MR) is 58.7 cm³/mol. The zero-order chi connectivity index (χ0) is 10.1. The van der Waals surface area contributed by atoms with Gasteiger partial charge in [-0.3, -0.25) is 14.5 Å². The number of unbranched alkanes of at least 4 members (excludes halogenated alkanes) is 1. The maximum atomic E-state index is 11.8. The average molecular weight is 233 g/mol. The summed E-state index contributed by atoms with van der Waals surface area (Å²) in [6.07, 6.45) is 1.94. The highest BCUT2D eigenvalue weighted by molar-refractivity contribution is 6.05. The van der Waals surface area contributed by atoms with Crippen molar-refractivity contribution < 1.29 is 9.59 Å². The van der Waals surface area contributed by atoms with Gasteiger partial charge in [0.25, 0.3) is 0 Å². The number of halogens is 1. The molecule has 0 radical (unpaired) electrons. The van der Waals surface area contributed by atoms with Crippen molar-refractivity contribution in [2.75, 3.05) is 19.6 Å². The first-order valence-electron chi connectivity index (χ1n) is 5.31. The first-order chi connectivity index (χ1) is 6.75. The van der Waals surface area contributed by atoms with Gasteiger partial charge in [-0.15, -0.1) is 12.4 Å². The molecule has 0 bridgehead atoms. The number of nitrogens with zero attached hydrogens (tertiary/aromatic N) is 1. The van der Waals surface area contributed by atoms with Crippen molar-refractivity contribution in [3.63, 3.8) is 0 Å². The molecule has 15 heavy (non-hydrogen) atoms. The van der Waals surface area contributed by atoms with Crippen molar-refractivity contribution in [2.24, 2.45) is 11.8 Å². The van der Waals surface area contributed by atoms with Crippen LogP contribution in [0, 0.1) is 11.8 Å². The Hall–Kier alpha value is -0.610. The van der Waals surface area contributed by atoms with Crippen LogP contribution in [0.1, 0.15) is 19.8 Å². The van der Waals surface area contributed by atoms with Crippen molar-refractivity contribution in [3.8, 4) is 0 Å². The number of amides is 2. The molecular weight excluding hydrogens is 216 g/mol. The van der Waals surface area contributed by atoms with Gasteiger partial charge in [0.05, 0.1) is 11.8 Å². The third kappa shape index (κ3) is 2.01. The van der Waals surface area contributed by atoms with Gasteiger partial charge in [0, 0.05) is 19.6 Å². The lowest BCUT2D eigenvalue weighted by atomic mass is 10.00. The van der Waals surface area contributed by atoms with Crippen LogP contribution < -0.4 is 5.32 Å². The summed E-state index contributed by atoms with van der Waals surface area (Å²) in [4.78, 5) is 25.0. The van der Waals surface area contributed by atoms with Crippen LogP contribution in [0.25, 0.3) is 0 Å². The molecule has 2 heterocycles. The van der Waals surface area contributed by atoms with Crippen LogP contribution in [0.5, 0.6) is 0 Å². The molecular formula is C10H17ClN2O2. The number of likely N-dealkylation sites (tertiary alicyclic amines) is 1. The fourth-order valence-electron chi connectivity index (χ4n) is 2.24. The second-order valence-electron chi connectivity index (χ2n) is 4.05. The third-order valence-electron chi connectivity index (χ3n) is 3.12. The summed E-state index contributed by atoms with van der Waals surface area (Å²) >= 11 is 0. The Morgan fingerprint density at radius 2 is 1.80 bits per heavy atom. The van der Waals surface area contributed by atoms with Gasteiger partial charge in [0.15, 0.2) is 0 Å². The fraction of sp³-hybridized carbons (Fsp3) is 0.800. The first-order valence-corrected chi connectivity index (χ1v) is 5.31. The fourth-order valence-corrected chi connectivity index (χ4v) is 2.24. The van der Waals surface area contributed by atoms with Crippen LogP contribution in [0.4, 0.5) is 0 Å². The minimum Gasteiger partial charge on any atom is -0.315 e. The zero-order valence-electron chi connectivity index (χ0n) is 8.86. The Morgan fingerprint density at radius 3 is 2.27 bits per heavy atom. The lowest BCUT2D eigenvalue weighted by Crippen LogP contribution is -2.35. The summed E-state index contributed by atoms with van der Waals surface area (Å²) in [6.45, 7) is 4.03. The molecule has 2 aliphatic rings. The Bertz CT molecular complexity index is 248. The van der Waals surface area contributed by atoms with E-state index in [9.17, 15) is 9.59 Å². The molecule has 0 aromatic heterocycles. The Balaban J connectivity index is 0.00000112. The standard InChI is InChI=1S/C10H16N2O2.ClH/c1-2-3-4-12-9(13)7-5-11-6-8(7)10(12)14;/h7-8,11H,2-6H2,1H3;1H/t7-,8+;. The van der Waals surface area contributed by atoms with E-state index in [1.54, 1.807) is 0 Å². The number of hydrogen-bond donors (Lipinski definition) is 1. The van der Waals surface area contributed by atoms with Gasteiger partial charge < -0.3 is 5.32 Å². The van der Waals surface area contributed by atoms with Gasteiger partial charge in [0.1, 0.15) is 0 Å². The van der Waals surface area contributed by atoms with E-state index in [-0.39, 0.29) is 36.1 Å². The lowest BCUT2D eigenvalue weighted by Gasteiger charge is -2.14. The Kier molecular flexibility index (Phi) is 4.11. The van der Waals surface area contributed by atoms with E-state index < -0.39 is 0 Å². The van der Waals surface area contributed by atoms with E-state index in [0.29, 0.717) is 19.6 Å². The molecule has 5 heteroatoms. The molecule has 2 saturated heterocycles. The molecule has 2 aliphatic heterocycles. The molecule has 0 aliphatic carbocycles. The topological polar surface area (TPSA) is 49.4 Å². The summed E-state index contributed by atoms with van der Waals surface area (Å²) < 4.78 is 0. The number of imide groups is 1.